The molecule has 0 fully saturated rings. The SMILES string of the molecule is O=C1CN(C(=O)c2ccc(Cl)cc2)Cc2ccc(Cl)cc2N1. The number of nitrogens with zero attached hydrogens (tertiary/aromatic N) is 1. The van der Waals surface area contributed by atoms with Crippen LogP contribution in [-0.2, 0) is 11.3 Å². The number of carbonyl (C=O) groups is 2. The normalized spacial score (nSPS) is 14.1. The lowest BCUT2D eigenvalue weighted by atomic mass is 10.1. The first-order valence-electron chi connectivity index (χ1n) is 6.66. The standard InChI is InChI=1S/C16H12Cl2N2O2/c17-12-4-1-10(2-5-12)16(22)20-8-11-3-6-13(18)7-14(11)19-15(21)9-20/h1-7H,8-9H2,(H,19,21). The van der Waals surface area contributed by atoms with E-state index in [2.05, 4.69) is 5.32 Å². The van der Waals surface area contributed by atoms with Crippen LogP contribution in [0.1, 0.15) is 15.9 Å². The summed E-state index contributed by atoms with van der Waals surface area (Å²) in [5.74, 6) is -0.460. The van der Waals surface area contributed by atoms with Crippen molar-refractivity contribution in [1.29, 1.82) is 0 Å². The van der Waals surface area contributed by atoms with Gasteiger partial charge in [0.05, 0.1) is 0 Å². The van der Waals surface area contributed by atoms with E-state index in [1.54, 1.807) is 36.4 Å². The van der Waals surface area contributed by atoms with Crippen LogP contribution in [0.2, 0.25) is 10.0 Å². The quantitative estimate of drug-likeness (QED) is 0.866. The highest BCUT2D eigenvalue weighted by atomic mass is 35.5. The smallest absolute Gasteiger partial charge is 0.254 e. The van der Waals surface area contributed by atoms with Crippen molar-refractivity contribution in [3.05, 3.63) is 63.6 Å². The highest BCUT2D eigenvalue weighted by Crippen LogP contribution is 2.25. The molecule has 0 bridgehead atoms. The third-order valence-corrected chi connectivity index (χ3v) is 3.91. The van der Waals surface area contributed by atoms with E-state index in [9.17, 15) is 9.59 Å². The van der Waals surface area contributed by atoms with Crippen LogP contribution >= 0.6 is 23.2 Å². The fraction of sp³-hybridized carbons (Fsp3) is 0.125. The van der Waals surface area contributed by atoms with E-state index in [-0.39, 0.29) is 18.4 Å². The Hall–Kier alpha value is -2.04. The molecule has 1 heterocycles. The Balaban J connectivity index is 1.91. The highest BCUT2D eigenvalue weighted by Gasteiger charge is 2.24. The first kappa shape index (κ1) is 14.9. The van der Waals surface area contributed by atoms with Gasteiger partial charge in [0, 0.05) is 27.8 Å². The summed E-state index contributed by atoms with van der Waals surface area (Å²) in [6, 6.07) is 11.8. The summed E-state index contributed by atoms with van der Waals surface area (Å²) in [4.78, 5) is 26.0. The van der Waals surface area contributed by atoms with Gasteiger partial charge in [-0.05, 0) is 42.0 Å². The summed E-state index contributed by atoms with van der Waals surface area (Å²) in [6.07, 6.45) is 0. The van der Waals surface area contributed by atoms with Gasteiger partial charge in [0.1, 0.15) is 6.54 Å². The average molecular weight is 335 g/mol. The first-order chi connectivity index (χ1) is 10.5. The second-order valence-electron chi connectivity index (χ2n) is 5.02. The van der Waals surface area contributed by atoms with Crippen LogP contribution in [0.4, 0.5) is 5.69 Å². The van der Waals surface area contributed by atoms with Crippen molar-refractivity contribution in [1.82, 2.24) is 4.90 Å². The van der Waals surface area contributed by atoms with E-state index in [4.69, 9.17) is 23.2 Å². The van der Waals surface area contributed by atoms with Gasteiger partial charge in [0.25, 0.3) is 5.91 Å². The van der Waals surface area contributed by atoms with Gasteiger partial charge in [-0.25, -0.2) is 0 Å². The van der Waals surface area contributed by atoms with Crippen LogP contribution in [0.15, 0.2) is 42.5 Å². The Kier molecular flexibility index (Phi) is 4.05. The van der Waals surface area contributed by atoms with E-state index in [0.29, 0.717) is 27.8 Å². The van der Waals surface area contributed by atoms with Crippen LogP contribution in [0.3, 0.4) is 0 Å². The van der Waals surface area contributed by atoms with Crippen molar-refractivity contribution in [3.63, 3.8) is 0 Å². The van der Waals surface area contributed by atoms with Gasteiger partial charge in [0.15, 0.2) is 0 Å². The zero-order valence-electron chi connectivity index (χ0n) is 11.5. The number of fused-ring (bicyclic) bond motifs is 1. The number of amides is 2. The molecule has 0 atom stereocenters. The number of halogens is 2. The summed E-state index contributed by atoms with van der Waals surface area (Å²) in [7, 11) is 0. The Labute approximate surface area is 137 Å². The second-order valence-corrected chi connectivity index (χ2v) is 5.89. The number of rotatable bonds is 1. The van der Waals surface area contributed by atoms with Crippen molar-refractivity contribution < 1.29 is 9.59 Å². The van der Waals surface area contributed by atoms with Gasteiger partial charge in [-0.2, -0.15) is 0 Å². The molecule has 1 aliphatic heterocycles. The average Bonchev–Trinajstić information content (AvgIpc) is 2.65. The predicted octanol–water partition coefficient (Wildman–Crippen LogP) is 3.59. The topological polar surface area (TPSA) is 49.4 Å². The molecular formula is C16H12Cl2N2O2. The molecule has 2 aromatic carbocycles. The maximum absolute atomic E-state index is 12.6. The molecule has 22 heavy (non-hydrogen) atoms. The molecule has 4 nitrogen and oxygen atoms in total. The lowest BCUT2D eigenvalue weighted by Gasteiger charge is -2.19. The number of hydrogen-bond acceptors (Lipinski definition) is 2. The maximum Gasteiger partial charge on any atom is 0.254 e. The van der Waals surface area contributed by atoms with Crippen molar-refractivity contribution in [2.45, 2.75) is 6.54 Å². The molecule has 2 amide bonds. The third kappa shape index (κ3) is 3.08. The van der Waals surface area contributed by atoms with E-state index in [0.717, 1.165) is 5.56 Å². The number of carbonyl (C=O) groups excluding carboxylic acids is 2. The Morgan fingerprint density at radius 1 is 1.00 bits per heavy atom. The van der Waals surface area contributed by atoms with Crippen molar-refractivity contribution in [2.75, 3.05) is 11.9 Å². The number of hydrogen-bond donors (Lipinski definition) is 1. The molecule has 0 saturated carbocycles. The molecule has 0 radical (unpaired) electrons. The van der Waals surface area contributed by atoms with Gasteiger partial charge in [0.2, 0.25) is 5.91 Å². The minimum atomic E-state index is -0.247. The van der Waals surface area contributed by atoms with Crippen LogP contribution < -0.4 is 5.32 Å². The Bertz CT molecular complexity index is 744. The monoisotopic (exact) mass is 334 g/mol. The molecule has 0 spiro atoms. The van der Waals surface area contributed by atoms with Gasteiger partial charge in [-0.15, -0.1) is 0 Å². The molecule has 0 aliphatic carbocycles. The van der Waals surface area contributed by atoms with Crippen LogP contribution in [0.25, 0.3) is 0 Å². The first-order valence-corrected chi connectivity index (χ1v) is 7.41. The van der Waals surface area contributed by atoms with Crippen LogP contribution in [0, 0.1) is 0 Å². The number of anilines is 1. The molecule has 3 rings (SSSR count). The molecule has 2 aromatic rings. The maximum atomic E-state index is 12.6. The Morgan fingerprint density at radius 2 is 1.68 bits per heavy atom. The molecule has 0 aromatic heterocycles. The lowest BCUT2D eigenvalue weighted by Crippen LogP contribution is -2.35. The summed E-state index contributed by atoms with van der Waals surface area (Å²) in [6.45, 7) is 0.334. The largest absolute Gasteiger partial charge is 0.325 e. The zero-order valence-corrected chi connectivity index (χ0v) is 13.0. The van der Waals surface area contributed by atoms with Gasteiger partial charge in [-0.1, -0.05) is 29.3 Å². The van der Waals surface area contributed by atoms with E-state index in [1.807, 2.05) is 6.07 Å². The van der Waals surface area contributed by atoms with Gasteiger partial charge >= 0.3 is 0 Å². The third-order valence-electron chi connectivity index (χ3n) is 3.42. The molecule has 1 aliphatic rings. The van der Waals surface area contributed by atoms with Crippen molar-refractivity contribution in [3.8, 4) is 0 Å². The zero-order chi connectivity index (χ0) is 15.7. The van der Waals surface area contributed by atoms with E-state index < -0.39 is 0 Å². The summed E-state index contributed by atoms with van der Waals surface area (Å²) in [5.41, 5.74) is 1.98. The van der Waals surface area contributed by atoms with Crippen molar-refractivity contribution in [2.24, 2.45) is 0 Å². The lowest BCUT2D eigenvalue weighted by molar-refractivity contribution is -0.116. The molecular weight excluding hydrogens is 323 g/mol. The highest BCUT2D eigenvalue weighted by molar-refractivity contribution is 6.31. The number of benzene rings is 2. The van der Waals surface area contributed by atoms with Crippen molar-refractivity contribution >= 4 is 40.7 Å². The Morgan fingerprint density at radius 3 is 2.41 bits per heavy atom. The minimum Gasteiger partial charge on any atom is -0.325 e. The molecule has 0 saturated heterocycles. The molecule has 112 valence electrons. The molecule has 1 N–H and O–H groups in total. The van der Waals surface area contributed by atoms with E-state index in [1.165, 1.54) is 4.90 Å². The predicted molar refractivity (Wildman–Crippen MR) is 86.3 cm³/mol. The summed E-state index contributed by atoms with van der Waals surface area (Å²) >= 11 is 11.8. The minimum absolute atomic E-state index is 0.00619. The number of nitrogens with one attached hydrogen (secondary N) is 1. The molecule has 6 heteroatoms. The fourth-order valence-corrected chi connectivity index (χ4v) is 2.64. The van der Waals surface area contributed by atoms with Gasteiger partial charge in [-0.3, -0.25) is 9.59 Å². The van der Waals surface area contributed by atoms with Crippen LogP contribution in [0.5, 0.6) is 0 Å². The summed E-state index contributed by atoms with van der Waals surface area (Å²) < 4.78 is 0. The van der Waals surface area contributed by atoms with Gasteiger partial charge < -0.3 is 10.2 Å². The summed E-state index contributed by atoms with van der Waals surface area (Å²) in [5, 5.41) is 3.87. The fourth-order valence-electron chi connectivity index (χ4n) is 2.35. The second kappa shape index (κ2) is 5.99. The molecule has 0 unspecified atom stereocenters. The van der Waals surface area contributed by atoms with Crippen LogP contribution in [-0.4, -0.2) is 23.3 Å². The van der Waals surface area contributed by atoms with E-state index >= 15 is 0 Å².